The van der Waals surface area contributed by atoms with Crippen LogP contribution in [0.1, 0.15) is 25.0 Å². The van der Waals surface area contributed by atoms with E-state index in [2.05, 4.69) is 25.6 Å². The Morgan fingerprint density at radius 3 is 2.25 bits per heavy atom. The molecule has 0 unspecified atom stereocenters. The normalized spacial score (nSPS) is 22.1. The van der Waals surface area contributed by atoms with Crippen LogP contribution in [0.3, 0.4) is 0 Å². The predicted octanol–water partition coefficient (Wildman–Crippen LogP) is 2.02. The first-order valence-electron chi connectivity index (χ1n) is 9.35. The zero-order valence-electron chi connectivity index (χ0n) is 15.9. The molecule has 4 rings (SSSR count). The van der Waals surface area contributed by atoms with E-state index in [-0.39, 0.29) is 18.5 Å². The van der Waals surface area contributed by atoms with Crippen LogP contribution < -0.4 is 15.5 Å². The van der Waals surface area contributed by atoms with E-state index in [0.29, 0.717) is 17.8 Å². The maximum absolute atomic E-state index is 12.1. The van der Waals surface area contributed by atoms with Crippen LogP contribution in [0.15, 0.2) is 30.7 Å². The van der Waals surface area contributed by atoms with Gasteiger partial charge in [0.15, 0.2) is 0 Å². The molecule has 2 N–H and O–H groups in total. The summed E-state index contributed by atoms with van der Waals surface area (Å²) in [6.45, 7) is 1.97. The number of aromatic nitrogens is 3. The first-order chi connectivity index (χ1) is 13.5. The van der Waals surface area contributed by atoms with Crippen LogP contribution >= 0.6 is 0 Å². The second-order valence-corrected chi connectivity index (χ2v) is 7.26. The first-order valence-corrected chi connectivity index (χ1v) is 9.35. The number of carbonyl (C=O) groups excluding carboxylic acids is 2. The Morgan fingerprint density at radius 2 is 1.68 bits per heavy atom. The minimum atomic E-state index is -0.323. The number of aryl methyl sites for hydroxylation is 1. The summed E-state index contributed by atoms with van der Waals surface area (Å²) < 4.78 is 0. The molecule has 0 bridgehead atoms. The summed E-state index contributed by atoms with van der Waals surface area (Å²) in [5.41, 5.74) is 1.52. The van der Waals surface area contributed by atoms with Crippen molar-refractivity contribution in [2.75, 3.05) is 29.1 Å². The van der Waals surface area contributed by atoms with E-state index in [1.807, 2.05) is 19.1 Å². The highest BCUT2D eigenvalue weighted by Gasteiger charge is 2.34. The smallest absolute Gasteiger partial charge is 0.331 e. The Kier molecular flexibility index (Phi) is 4.81. The fraction of sp³-hybridized carbons (Fsp3) is 0.421. The largest absolute Gasteiger partial charge is 0.367 e. The van der Waals surface area contributed by atoms with Crippen molar-refractivity contribution in [3.05, 3.63) is 36.4 Å². The molecular formula is C19H23N7O2. The van der Waals surface area contributed by atoms with Gasteiger partial charge in [0, 0.05) is 19.1 Å². The van der Waals surface area contributed by atoms with Crippen molar-refractivity contribution in [3.63, 3.8) is 0 Å². The summed E-state index contributed by atoms with van der Waals surface area (Å²) in [6, 6.07) is 3.99. The molecule has 28 heavy (non-hydrogen) atoms. The second-order valence-electron chi connectivity index (χ2n) is 7.26. The van der Waals surface area contributed by atoms with Crippen molar-refractivity contribution in [1.82, 2.24) is 19.9 Å². The van der Waals surface area contributed by atoms with E-state index in [9.17, 15) is 9.59 Å². The highest BCUT2D eigenvalue weighted by molar-refractivity contribution is 6.11. The van der Waals surface area contributed by atoms with Crippen LogP contribution in [0.5, 0.6) is 0 Å². The highest BCUT2D eigenvalue weighted by Crippen LogP contribution is 2.26. The lowest BCUT2D eigenvalue weighted by Crippen LogP contribution is -2.29. The number of urea groups is 1. The van der Waals surface area contributed by atoms with Crippen molar-refractivity contribution in [2.24, 2.45) is 0 Å². The number of nitrogens with one attached hydrogen (secondary N) is 2. The fourth-order valence-corrected chi connectivity index (χ4v) is 3.56. The van der Waals surface area contributed by atoms with Crippen LogP contribution in [0.25, 0.3) is 0 Å². The monoisotopic (exact) mass is 381 g/mol. The molecule has 0 aromatic carbocycles. The van der Waals surface area contributed by atoms with Gasteiger partial charge in [0.2, 0.25) is 5.91 Å². The van der Waals surface area contributed by atoms with Gasteiger partial charge in [-0.2, -0.15) is 0 Å². The van der Waals surface area contributed by atoms with Crippen molar-refractivity contribution >= 4 is 29.3 Å². The highest BCUT2D eigenvalue weighted by atomic mass is 16.2. The van der Waals surface area contributed by atoms with Crippen molar-refractivity contribution in [3.8, 4) is 0 Å². The molecule has 1 saturated heterocycles. The Bertz CT molecular complexity index is 869. The summed E-state index contributed by atoms with van der Waals surface area (Å²) in [7, 11) is 1.49. The zero-order valence-corrected chi connectivity index (χ0v) is 15.9. The molecule has 0 spiro atoms. The van der Waals surface area contributed by atoms with E-state index < -0.39 is 0 Å². The molecule has 1 aliphatic carbocycles. The summed E-state index contributed by atoms with van der Waals surface area (Å²) in [6.07, 6.45) is 8.18. The number of nitrogens with zero attached hydrogens (tertiary/aromatic N) is 5. The Labute approximate surface area is 163 Å². The maximum atomic E-state index is 12.1. The van der Waals surface area contributed by atoms with Gasteiger partial charge in [-0.15, -0.1) is 0 Å². The van der Waals surface area contributed by atoms with Crippen molar-refractivity contribution < 1.29 is 9.59 Å². The van der Waals surface area contributed by atoms with Crippen LogP contribution in [0.2, 0.25) is 0 Å². The summed E-state index contributed by atoms with van der Waals surface area (Å²) in [5, 5.41) is 6.87. The SMILES string of the molecule is Cc1cnc(N[C@H]2CC[C@H](Nc3ccc(N4CC(=O)N(C)C4=O)cn3)C2)cn1. The number of imide groups is 1. The Morgan fingerprint density at radius 1 is 0.964 bits per heavy atom. The number of carbonyl (C=O) groups is 2. The van der Waals surface area contributed by atoms with Gasteiger partial charge < -0.3 is 10.6 Å². The number of amides is 3. The Hall–Kier alpha value is -3.23. The topological polar surface area (TPSA) is 103 Å². The van der Waals surface area contributed by atoms with Crippen LogP contribution in [-0.2, 0) is 4.79 Å². The van der Waals surface area contributed by atoms with Gasteiger partial charge in [0.25, 0.3) is 0 Å². The van der Waals surface area contributed by atoms with E-state index in [1.54, 1.807) is 18.6 Å². The predicted molar refractivity (Wildman–Crippen MR) is 105 cm³/mol. The molecular weight excluding hydrogens is 358 g/mol. The third-order valence-electron chi connectivity index (χ3n) is 5.16. The summed E-state index contributed by atoms with van der Waals surface area (Å²) in [4.78, 5) is 39.3. The molecule has 2 atom stereocenters. The molecule has 0 radical (unpaired) electrons. The third kappa shape index (κ3) is 3.73. The van der Waals surface area contributed by atoms with Gasteiger partial charge in [0.1, 0.15) is 18.2 Å². The van der Waals surface area contributed by atoms with Crippen LogP contribution in [0, 0.1) is 6.92 Å². The standard InChI is InChI=1S/C19H23N7O2/c1-12-8-21-17(10-20-12)24-14-4-3-13(7-14)23-16-6-5-15(9-22-16)26-11-18(27)25(2)19(26)28/h5-6,8-10,13-14H,3-4,7,11H2,1-2H3,(H,21,24)(H,22,23)/t13-,14-/m0/s1. The molecule has 9 heteroatoms. The number of rotatable bonds is 5. The zero-order chi connectivity index (χ0) is 19.7. The molecule has 2 fully saturated rings. The molecule has 3 heterocycles. The summed E-state index contributed by atoms with van der Waals surface area (Å²) in [5.74, 6) is 1.35. The molecule has 146 valence electrons. The van der Waals surface area contributed by atoms with Crippen molar-refractivity contribution in [2.45, 2.75) is 38.3 Å². The number of anilines is 3. The minimum Gasteiger partial charge on any atom is -0.367 e. The average molecular weight is 381 g/mol. The lowest BCUT2D eigenvalue weighted by atomic mass is 10.2. The van der Waals surface area contributed by atoms with E-state index in [1.165, 1.54) is 11.9 Å². The molecule has 1 saturated carbocycles. The van der Waals surface area contributed by atoms with Crippen LogP contribution in [0.4, 0.5) is 22.1 Å². The third-order valence-corrected chi connectivity index (χ3v) is 5.16. The average Bonchev–Trinajstić information content (AvgIpc) is 3.24. The molecule has 2 aromatic heterocycles. The quantitative estimate of drug-likeness (QED) is 0.764. The van der Waals surface area contributed by atoms with Gasteiger partial charge in [-0.1, -0.05) is 0 Å². The molecule has 1 aliphatic heterocycles. The van der Waals surface area contributed by atoms with E-state index in [4.69, 9.17) is 0 Å². The molecule has 3 amide bonds. The summed E-state index contributed by atoms with van der Waals surface area (Å²) >= 11 is 0. The number of hydrogen-bond acceptors (Lipinski definition) is 7. The van der Waals surface area contributed by atoms with Gasteiger partial charge in [-0.3, -0.25) is 19.6 Å². The number of likely N-dealkylation sites (N-methyl/N-ethyl adjacent to an activating group) is 1. The van der Waals surface area contributed by atoms with E-state index >= 15 is 0 Å². The molecule has 2 aliphatic rings. The van der Waals surface area contributed by atoms with Gasteiger partial charge in [0.05, 0.1) is 30.0 Å². The first kappa shape index (κ1) is 18.1. The van der Waals surface area contributed by atoms with Gasteiger partial charge in [-0.25, -0.2) is 14.8 Å². The van der Waals surface area contributed by atoms with Crippen molar-refractivity contribution in [1.29, 1.82) is 0 Å². The van der Waals surface area contributed by atoms with E-state index in [0.717, 1.165) is 41.5 Å². The minimum absolute atomic E-state index is 0.0572. The fourth-order valence-electron chi connectivity index (χ4n) is 3.56. The second kappa shape index (κ2) is 7.41. The molecule has 2 aromatic rings. The lowest BCUT2D eigenvalue weighted by Gasteiger charge is -2.17. The number of hydrogen-bond donors (Lipinski definition) is 2. The molecule has 9 nitrogen and oxygen atoms in total. The Balaban J connectivity index is 1.32. The lowest BCUT2D eigenvalue weighted by molar-refractivity contribution is -0.123. The van der Waals surface area contributed by atoms with Gasteiger partial charge in [-0.05, 0) is 38.3 Å². The van der Waals surface area contributed by atoms with Crippen LogP contribution in [-0.4, -0.2) is 57.5 Å². The van der Waals surface area contributed by atoms with Gasteiger partial charge >= 0.3 is 6.03 Å². The number of pyridine rings is 1. The maximum Gasteiger partial charge on any atom is 0.331 e.